The molecule has 0 spiro atoms. The van der Waals surface area contributed by atoms with Crippen LogP contribution >= 0.6 is 0 Å². The fraction of sp³-hybridized carbons (Fsp3) is 0.250. The normalized spacial score (nSPS) is 13.4. The molecule has 0 saturated carbocycles. The minimum absolute atomic E-state index is 0.0996. The van der Waals surface area contributed by atoms with Gasteiger partial charge in [-0.2, -0.15) is 0 Å². The van der Waals surface area contributed by atoms with Crippen LogP contribution in [0.4, 0.5) is 17.3 Å². The Hall–Kier alpha value is -4.13. The van der Waals surface area contributed by atoms with Crippen LogP contribution < -0.4 is 15.5 Å². The van der Waals surface area contributed by atoms with Crippen LogP contribution in [-0.2, 0) is 0 Å². The summed E-state index contributed by atoms with van der Waals surface area (Å²) in [7, 11) is 0. The number of phenolic OH excluding ortho intramolecular Hbond substituents is 1. The molecular formula is C28H29N5O2. The first-order valence-electron chi connectivity index (χ1n) is 12.0. The van der Waals surface area contributed by atoms with Gasteiger partial charge in [-0.3, -0.25) is 4.79 Å². The number of rotatable bonds is 6. The van der Waals surface area contributed by atoms with Gasteiger partial charge >= 0.3 is 0 Å². The summed E-state index contributed by atoms with van der Waals surface area (Å²) in [5.41, 5.74) is 4.42. The molecule has 1 amide bonds. The van der Waals surface area contributed by atoms with Crippen LogP contribution in [0.3, 0.4) is 0 Å². The first-order chi connectivity index (χ1) is 17.0. The van der Waals surface area contributed by atoms with Gasteiger partial charge in [0, 0.05) is 59.3 Å². The zero-order valence-electron chi connectivity index (χ0n) is 20.0. The van der Waals surface area contributed by atoms with Crippen molar-refractivity contribution in [2.45, 2.75) is 32.7 Å². The van der Waals surface area contributed by atoms with Crippen molar-refractivity contribution < 1.29 is 9.90 Å². The van der Waals surface area contributed by atoms with E-state index in [1.54, 1.807) is 24.4 Å². The van der Waals surface area contributed by atoms with Crippen molar-refractivity contribution in [2.75, 3.05) is 28.6 Å². The lowest BCUT2D eigenvalue weighted by molar-refractivity contribution is 0.102. The maximum Gasteiger partial charge on any atom is 0.255 e. The SMILES string of the molecule is CC(C)Nc1ncc2cc(-c3cccc(C(=O)Nc4cccc(N5CCCC5)c4)c3)c(O)cc2n1. The number of hydrogen-bond acceptors (Lipinski definition) is 6. The van der Waals surface area contributed by atoms with E-state index in [1.165, 1.54) is 12.8 Å². The molecule has 1 aliphatic rings. The Morgan fingerprint density at radius 3 is 2.63 bits per heavy atom. The summed E-state index contributed by atoms with van der Waals surface area (Å²) in [6.45, 7) is 6.13. The van der Waals surface area contributed by atoms with Gasteiger partial charge in [-0.25, -0.2) is 9.97 Å². The van der Waals surface area contributed by atoms with Crippen molar-refractivity contribution in [3.63, 3.8) is 0 Å². The van der Waals surface area contributed by atoms with Crippen molar-refractivity contribution in [3.8, 4) is 16.9 Å². The van der Waals surface area contributed by atoms with E-state index in [-0.39, 0.29) is 17.7 Å². The number of benzene rings is 3. The van der Waals surface area contributed by atoms with Crippen LogP contribution in [0.1, 0.15) is 37.0 Å². The number of aromatic nitrogens is 2. The van der Waals surface area contributed by atoms with E-state index in [0.29, 0.717) is 22.6 Å². The van der Waals surface area contributed by atoms with Crippen molar-refractivity contribution in [3.05, 3.63) is 72.4 Å². The van der Waals surface area contributed by atoms with E-state index in [1.807, 2.05) is 50.2 Å². The molecule has 0 atom stereocenters. The third-order valence-electron chi connectivity index (χ3n) is 6.13. The Morgan fingerprint density at radius 1 is 1.03 bits per heavy atom. The number of hydrogen-bond donors (Lipinski definition) is 3. The highest BCUT2D eigenvalue weighted by Crippen LogP contribution is 2.33. The van der Waals surface area contributed by atoms with Crippen LogP contribution in [0, 0.1) is 0 Å². The maximum absolute atomic E-state index is 13.0. The lowest BCUT2D eigenvalue weighted by Gasteiger charge is -2.18. The minimum Gasteiger partial charge on any atom is -0.507 e. The van der Waals surface area contributed by atoms with Gasteiger partial charge in [0.05, 0.1) is 5.52 Å². The second-order valence-electron chi connectivity index (χ2n) is 9.20. The summed E-state index contributed by atoms with van der Waals surface area (Å²) < 4.78 is 0. The summed E-state index contributed by atoms with van der Waals surface area (Å²) in [6.07, 6.45) is 4.14. The van der Waals surface area contributed by atoms with E-state index in [0.717, 1.165) is 35.4 Å². The number of carbonyl (C=O) groups is 1. The molecule has 7 heteroatoms. The van der Waals surface area contributed by atoms with E-state index >= 15 is 0 Å². The fourth-order valence-electron chi connectivity index (χ4n) is 4.41. The molecule has 3 aromatic carbocycles. The second kappa shape index (κ2) is 9.62. The Morgan fingerprint density at radius 2 is 1.83 bits per heavy atom. The van der Waals surface area contributed by atoms with Gasteiger partial charge < -0.3 is 20.6 Å². The van der Waals surface area contributed by atoms with Crippen LogP contribution in [0.15, 0.2) is 66.9 Å². The number of phenols is 1. The van der Waals surface area contributed by atoms with E-state index in [2.05, 4.69) is 31.6 Å². The molecule has 1 fully saturated rings. The molecule has 5 rings (SSSR count). The zero-order valence-corrected chi connectivity index (χ0v) is 20.0. The van der Waals surface area contributed by atoms with Crippen molar-refractivity contribution >= 4 is 34.1 Å². The average molecular weight is 468 g/mol. The van der Waals surface area contributed by atoms with Crippen LogP contribution in [0.25, 0.3) is 22.0 Å². The van der Waals surface area contributed by atoms with E-state index < -0.39 is 0 Å². The Kier molecular flexibility index (Phi) is 6.23. The number of nitrogens with one attached hydrogen (secondary N) is 2. The summed E-state index contributed by atoms with van der Waals surface area (Å²) >= 11 is 0. The molecule has 4 aromatic rings. The van der Waals surface area contributed by atoms with Crippen LogP contribution in [-0.4, -0.2) is 40.1 Å². The molecule has 0 bridgehead atoms. The van der Waals surface area contributed by atoms with Gasteiger partial charge in [0.15, 0.2) is 0 Å². The Bertz CT molecular complexity index is 1380. The molecule has 0 radical (unpaired) electrons. The molecule has 0 aliphatic carbocycles. The lowest BCUT2D eigenvalue weighted by Crippen LogP contribution is -2.18. The van der Waals surface area contributed by atoms with Gasteiger partial charge in [-0.1, -0.05) is 18.2 Å². The van der Waals surface area contributed by atoms with Crippen LogP contribution in [0.2, 0.25) is 0 Å². The summed E-state index contributed by atoms with van der Waals surface area (Å²) in [5.74, 6) is 0.424. The highest BCUT2D eigenvalue weighted by Gasteiger charge is 2.15. The average Bonchev–Trinajstić information content (AvgIpc) is 3.39. The standard InChI is InChI=1S/C28H29N5O2/c1-18(2)30-28-29-17-21-14-24(26(34)16-25(21)32-28)19-7-5-8-20(13-19)27(35)31-22-9-6-10-23(15-22)33-11-3-4-12-33/h5-10,13-18,34H,3-4,11-12H2,1-2H3,(H,31,35)(H,29,30,32). The summed E-state index contributed by atoms with van der Waals surface area (Å²) in [6, 6.07) is 18.9. The first-order valence-corrected chi connectivity index (χ1v) is 12.0. The number of anilines is 3. The molecule has 7 nitrogen and oxygen atoms in total. The third kappa shape index (κ3) is 5.04. The molecular weight excluding hydrogens is 438 g/mol. The Labute approximate surface area is 204 Å². The van der Waals surface area contributed by atoms with Gasteiger partial charge in [0.2, 0.25) is 5.95 Å². The molecule has 35 heavy (non-hydrogen) atoms. The molecule has 1 aromatic heterocycles. The minimum atomic E-state index is -0.196. The highest BCUT2D eigenvalue weighted by atomic mass is 16.3. The molecule has 0 unspecified atom stereocenters. The predicted octanol–water partition coefficient (Wildman–Crippen LogP) is 5.68. The molecule has 3 N–H and O–H groups in total. The lowest BCUT2D eigenvalue weighted by atomic mass is 10.00. The number of carbonyl (C=O) groups excluding carboxylic acids is 1. The topological polar surface area (TPSA) is 90.4 Å². The van der Waals surface area contributed by atoms with E-state index in [4.69, 9.17) is 0 Å². The van der Waals surface area contributed by atoms with Gasteiger partial charge in [-0.05, 0) is 68.7 Å². The number of aromatic hydroxyl groups is 1. The van der Waals surface area contributed by atoms with Gasteiger partial charge in [0.1, 0.15) is 5.75 Å². The van der Waals surface area contributed by atoms with Crippen LogP contribution in [0.5, 0.6) is 5.75 Å². The van der Waals surface area contributed by atoms with Crippen molar-refractivity contribution in [2.24, 2.45) is 0 Å². The second-order valence-corrected chi connectivity index (χ2v) is 9.20. The zero-order chi connectivity index (χ0) is 24.4. The smallest absolute Gasteiger partial charge is 0.255 e. The maximum atomic E-state index is 13.0. The highest BCUT2D eigenvalue weighted by molar-refractivity contribution is 6.05. The molecule has 2 heterocycles. The molecule has 1 aliphatic heterocycles. The first kappa shape index (κ1) is 22.7. The molecule has 178 valence electrons. The summed E-state index contributed by atoms with van der Waals surface area (Å²) in [4.78, 5) is 24.2. The quantitative estimate of drug-likeness (QED) is 0.338. The predicted molar refractivity (Wildman–Crippen MR) is 141 cm³/mol. The largest absolute Gasteiger partial charge is 0.507 e. The number of fused-ring (bicyclic) bond motifs is 1. The number of nitrogens with zero attached hydrogens (tertiary/aromatic N) is 3. The fourth-order valence-corrected chi connectivity index (χ4v) is 4.41. The monoisotopic (exact) mass is 467 g/mol. The Balaban J connectivity index is 1.39. The van der Waals surface area contributed by atoms with Crippen molar-refractivity contribution in [1.29, 1.82) is 0 Å². The summed E-state index contributed by atoms with van der Waals surface area (Å²) in [5, 5.41) is 17.7. The van der Waals surface area contributed by atoms with Gasteiger partial charge in [0.25, 0.3) is 5.91 Å². The van der Waals surface area contributed by atoms with E-state index in [9.17, 15) is 9.90 Å². The number of amides is 1. The molecule has 1 saturated heterocycles. The van der Waals surface area contributed by atoms with Crippen molar-refractivity contribution in [1.82, 2.24) is 9.97 Å². The third-order valence-corrected chi connectivity index (χ3v) is 6.13. The van der Waals surface area contributed by atoms with Gasteiger partial charge in [-0.15, -0.1) is 0 Å².